The summed E-state index contributed by atoms with van der Waals surface area (Å²) in [4.78, 5) is 17.1. The van der Waals surface area contributed by atoms with Gasteiger partial charge in [0.1, 0.15) is 5.75 Å². The van der Waals surface area contributed by atoms with E-state index in [1.807, 2.05) is 24.3 Å². The first-order chi connectivity index (χ1) is 15.1. The number of fused-ring (bicyclic) bond motifs is 2. The number of nitrogen functional groups attached to an aromatic ring is 1. The fourth-order valence-electron chi connectivity index (χ4n) is 3.51. The first-order valence-corrected chi connectivity index (χ1v) is 9.61. The van der Waals surface area contributed by atoms with Crippen molar-refractivity contribution in [2.75, 3.05) is 16.4 Å². The highest BCUT2D eigenvalue weighted by Crippen LogP contribution is 2.35. The number of carbonyl (C=O) groups is 1. The third kappa shape index (κ3) is 3.38. The standard InChI is InChI=1S/C24H18N4O3/c25-18-5-1-2-6-19(18)28-24(30)23-22(17-10-11-26-13-21(17)31-23)27-15-8-9-16-14(12-15)4-3-7-20(16)29/h1-13,27,29H,25H2,(H,28,30). The number of carbonyl (C=O) groups excluding carboxylic acids is 1. The van der Waals surface area contributed by atoms with Gasteiger partial charge in [-0.15, -0.1) is 0 Å². The molecule has 7 nitrogen and oxygen atoms in total. The van der Waals surface area contributed by atoms with Crippen LogP contribution in [0.3, 0.4) is 0 Å². The number of anilines is 4. The lowest BCUT2D eigenvalue weighted by atomic mass is 10.1. The minimum atomic E-state index is -0.435. The van der Waals surface area contributed by atoms with Gasteiger partial charge in [-0.25, -0.2) is 0 Å². The number of hydrogen-bond acceptors (Lipinski definition) is 6. The number of pyridine rings is 1. The van der Waals surface area contributed by atoms with Crippen LogP contribution in [0.25, 0.3) is 21.7 Å². The maximum absolute atomic E-state index is 13.1. The van der Waals surface area contributed by atoms with Crippen LogP contribution in [0.1, 0.15) is 10.6 Å². The first-order valence-electron chi connectivity index (χ1n) is 9.61. The summed E-state index contributed by atoms with van der Waals surface area (Å²) in [6.45, 7) is 0. The number of nitrogens with two attached hydrogens (primary N) is 1. The molecule has 0 radical (unpaired) electrons. The molecule has 0 aliphatic rings. The summed E-state index contributed by atoms with van der Waals surface area (Å²) in [7, 11) is 0. The van der Waals surface area contributed by atoms with Gasteiger partial charge in [0.15, 0.2) is 5.58 Å². The summed E-state index contributed by atoms with van der Waals surface area (Å²) in [5.74, 6) is -0.110. The summed E-state index contributed by atoms with van der Waals surface area (Å²) in [6.07, 6.45) is 3.20. The number of aromatic hydroxyl groups is 1. The minimum Gasteiger partial charge on any atom is -0.507 e. The normalized spacial score (nSPS) is 11.0. The maximum atomic E-state index is 13.1. The third-order valence-corrected chi connectivity index (χ3v) is 5.03. The van der Waals surface area contributed by atoms with E-state index in [2.05, 4.69) is 15.6 Å². The molecule has 2 aromatic heterocycles. The Morgan fingerprint density at radius 3 is 2.74 bits per heavy atom. The molecule has 0 spiro atoms. The van der Waals surface area contributed by atoms with Gasteiger partial charge in [-0.1, -0.05) is 24.3 Å². The van der Waals surface area contributed by atoms with Crippen molar-refractivity contribution in [3.05, 3.63) is 84.9 Å². The number of phenols is 1. The zero-order valence-corrected chi connectivity index (χ0v) is 16.3. The van der Waals surface area contributed by atoms with E-state index in [0.717, 1.165) is 21.8 Å². The van der Waals surface area contributed by atoms with Crippen LogP contribution in [-0.4, -0.2) is 16.0 Å². The summed E-state index contributed by atoms with van der Waals surface area (Å²) < 4.78 is 5.83. The number of para-hydroxylation sites is 2. The van der Waals surface area contributed by atoms with Gasteiger partial charge in [0.25, 0.3) is 5.91 Å². The van der Waals surface area contributed by atoms with Crippen LogP contribution in [0, 0.1) is 0 Å². The molecule has 0 aliphatic carbocycles. The number of amides is 1. The highest BCUT2D eigenvalue weighted by atomic mass is 16.3. The van der Waals surface area contributed by atoms with Crippen LogP contribution in [-0.2, 0) is 0 Å². The molecule has 31 heavy (non-hydrogen) atoms. The topological polar surface area (TPSA) is 113 Å². The molecule has 3 aromatic carbocycles. The molecule has 0 bridgehead atoms. The number of aromatic nitrogens is 1. The zero-order chi connectivity index (χ0) is 21.4. The number of rotatable bonds is 4. The van der Waals surface area contributed by atoms with Crippen LogP contribution in [0.2, 0.25) is 0 Å². The Bertz CT molecular complexity index is 1440. The van der Waals surface area contributed by atoms with Crippen LogP contribution < -0.4 is 16.4 Å². The largest absolute Gasteiger partial charge is 0.507 e. The quantitative estimate of drug-likeness (QED) is 0.300. The second kappa shape index (κ2) is 7.38. The van der Waals surface area contributed by atoms with Gasteiger partial charge in [-0.2, -0.15) is 0 Å². The Balaban J connectivity index is 1.56. The van der Waals surface area contributed by atoms with Crippen molar-refractivity contribution in [1.29, 1.82) is 0 Å². The highest BCUT2D eigenvalue weighted by molar-refractivity contribution is 6.13. The SMILES string of the molecule is Nc1ccccc1NC(=O)c1oc2cnccc2c1Nc1ccc2c(O)cccc2c1. The number of furan rings is 1. The van der Waals surface area contributed by atoms with Gasteiger partial charge in [0.2, 0.25) is 5.76 Å². The smallest absolute Gasteiger partial charge is 0.293 e. The van der Waals surface area contributed by atoms with E-state index in [9.17, 15) is 9.90 Å². The summed E-state index contributed by atoms with van der Waals surface area (Å²) in [5.41, 5.74) is 8.65. The van der Waals surface area contributed by atoms with Gasteiger partial charge < -0.3 is 25.9 Å². The molecule has 0 fully saturated rings. The van der Waals surface area contributed by atoms with Crippen molar-refractivity contribution >= 4 is 50.4 Å². The number of nitrogens with zero attached hydrogens (tertiary/aromatic N) is 1. The molecule has 0 saturated heterocycles. The zero-order valence-electron chi connectivity index (χ0n) is 16.3. The molecular weight excluding hydrogens is 392 g/mol. The molecule has 5 rings (SSSR count). The van der Waals surface area contributed by atoms with Crippen LogP contribution >= 0.6 is 0 Å². The third-order valence-electron chi connectivity index (χ3n) is 5.03. The van der Waals surface area contributed by atoms with Gasteiger partial charge >= 0.3 is 0 Å². The lowest BCUT2D eigenvalue weighted by Gasteiger charge is -2.10. The van der Waals surface area contributed by atoms with Crippen molar-refractivity contribution in [3.63, 3.8) is 0 Å². The number of nitrogens with one attached hydrogen (secondary N) is 2. The first kappa shape index (κ1) is 18.5. The number of benzene rings is 3. The van der Waals surface area contributed by atoms with E-state index in [1.54, 1.807) is 54.9 Å². The van der Waals surface area contributed by atoms with E-state index in [-0.39, 0.29) is 11.5 Å². The van der Waals surface area contributed by atoms with E-state index in [4.69, 9.17) is 10.2 Å². The Hall–Kier alpha value is -4.52. The molecule has 0 saturated carbocycles. The summed E-state index contributed by atoms with van der Waals surface area (Å²) in [6, 6.07) is 19.7. The molecular formula is C24H18N4O3. The average molecular weight is 410 g/mol. The Labute approximate surface area is 177 Å². The molecule has 0 unspecified atom stereocenters. The van der Waals surface area contributed by atoms with Crippen molar-refractivity contribution in [2.24, 2.45) is 0 Å². The predicted molar refractivity (Wildman–Crippen MR) is 122 cm³/mol. The lowest BCUT2D eigenvalue weighted by molar-refractivity contribution is 0.1000. The maximum Gasteiger partial charge on any atom is 0.293 e. The predicted octanol–water partition coefficient (Wildman–Crippen LogP) is 5.26. The Kier molecular flexibility index (Phi) is 4.41. The average Bonchev–Trinajstić information content (AvgIpc) is 3.14. The molecule has 152 valence electrons. The fourth-order valence-corrected chi connectivity index (χ4v) is 3.51. The van der Waals surface area contributed by atoms with Crippen LogP contribution in [0.4, 0.5) is 22.7 Å². The fraction of sp³-hybridized carbons (Fsp3) is 0. The second-order valence-electron chi connectivity index (χ2n) is 7.06. The van der Waals surface area contributed by atoms with Gasteiger partial charge in [0.05, 0.1) is 23.3 Å². The molecule has 2 heterocycles. The molecule has 0 aliphatic heterocycles. The van der Waals surface area contributed by atoms with E-state index < -0.39 is 5.91 Å². The van der Waals surface area contributed by atoms with E-state index in [1.165, 1.54) is 0 Å². The van der Waals surface area contributed by atoms with E-state index in [0.29, 0.717) is 22.6 Å². The molecule has 0 atom stereocenters. The molecule has 7 heteroatoms. The molecule has 1 amide bonds. The summed E-state index contributed by atoms with van der Waals surface area (Å²) >= 11 is 0. The number of hydrogen-bond donors (Lipinski definition) is 4. The van der Waals surface area contributed by atoms with Crippen LogP contribution in [0.15, 0.2) is 83.5 Å². The second-order valence-corrected chi connectivity index (χ2v) is 7.06. The minimum absolute atomic E-state index is 0.113. The van der Waals surface area contributed by atoms with Gasteiger partial charge in [0, 0.05) is 22.7 Å². The van der Waals surface area contributed by atoms with Crippen LogP contribution in [0.5, 0.6) is 5.75 Å². The molecule has 5 aromatic rings. The number of phenolic OH excluding ortho intramolecular Hbond substituents is 1. The van der Waals surface area contributed by atoms with Gasteiger partial charge in [-0.05, 0) is 47.9 Å². The molecule has 5 N–H and O–H groups in total. The Morgan fingerprint density at radius 2 is 1.87 bits per heavy atom. The van der Waals surface area contributed by atoms with Crippen molar-refractivity contribution in [1.82, 2.24) is 4.98 Å². The summed E-state index contributed by atoms with van der Waals surface area (Å²) in [5, 5.41) is 18.5. The van der Waals surface area contributed by atoms with Crippen molar-refractivity contribution in [3.8, 4) is 5.75 Å². The highest BCUT2D eigenvalue weighted by Gasteiger charge is 2.22. The Morgan fingerprint density at radius 1 is 1.00 bits per heavy atom. The van der Waals surface area contributed by atoms with Crippen molar-refractivity contribution in [2.45, 2.75) is 0 Å². The monoisotopic (exact) mass is 410 g/mol. The van der Waals surface area contributed by atoms with Crippen molar-refractivity contribution < 1.29 is 14.3 Å². The lowest BCUT2D eigenvalue weighted by Crippen LogP contribution is -2.13. The van der Waals surface area contributed by atoms with Gasteiger partial charge in [-0.3, -0.25) is 9.78 Å². The van der Waals surface area contributed by atoms with E-state index >= 15 is 0 Å².